The first-order valence-electron chi connectivity index (χ1n) is 5.38. The highest BCUT2D eigenvalue weighted by Crippen LogP contribution is 2.22. The number of amides is 1. The molecule has 0 bridgehead atoms. The Labute approximate surface area is 106 Å². The fourth-order valence-electron chi connectivity index (χ4n) is 1.62. The number of ether oxygens (including phenoxy) is 1. The van der Waals surface area contributed by atoms with Crippen LogP contribution in [0.5, 0.6) is 0 Å². The summed E-state index contributed by atoms with van der Waals surface area (Å²) in [4.78, 5) is 11.6. The van der Waals surface area contributed by atoms with Crippen molar-refractivity contribution in [3.8, 4) is 0 Å². The third-order valence-corrected chi connectivity index (χ3v) is 4.42. The van der Waals surface area contributed by atoms with Crippen LogP contribution < -0.4 is 0 Å². The van der Waals surface area contributed by atoms with Crippen LogP contribution in [0.4, 0.5) is 4.79 Å². The highest BCUT2D eigenvalue weighted by atomic mass is 32.2. The van der Waals surface area contributed by atoms with Gasteiger partial charge in [-0.1, -0.05) is 24.3 Å². The molecular formula is C12H13NO4S. The van der Waals surface area contributed by atoms with Crippen molar-refractivity contribution in [1.82, 2.24) is 4.31 Å². The fourth-order valence-corrected chi connectivity index (χ4v) is 2.94. The molecule has 1 atom stereocenters. The van der Waals surface area contributed by atoms with E-state index in [2.05, 4.69) is 6.58 Å². The molecule has 1 amide bonds. The molecule has 0 N–H and O–H groups in total. The van der Waals surface area contributed by atoms with Crippen LogP contribution in [0.15, 0.2) is 41.8 Å². The van der Waals surface area contributed by atoms with E-state index < -0.39 is 22.2 Å². The lowest BCUT2D eigenvalue weighted by Gasteiger charge is -2.13. The van der Waals surface area contributed by atoms with Gasteiger partial charge in [0.15, 0.2) is 0 Å². The van der Waals surface area contributed by atoms with Crippen molar-refractivity contribution in [2.75, 3.05) is 6.54 Å². The molecule has 0 radical (unpaired) electrons. The van der Waals surface area contributed by atoms with Gasteiger partial charge in [0.25, 0.3) is 10.0 Å². The average Bonchev–Trinajstić information content (AvgIpc) is 2.72. The van der Waals surface area contributed by atoms with E-state index >= 15 is 0 Å². The van der Waals surface area contributed by atoms with E-state index in [0.29, 0.717) is 0 Å². The van der Waals surface area contributed by atoms with Gasteiger partial charge in [-0.05, 0) is 25.1 Å². The van der Waals surface area contributed by atoms with Gasteiger partial charge in [0.05, 0.1) is 11.4 Å². The van der Waals surface area contributed by atoms with Gasteiger partial charge in [-0.2, -0.15) is 4.31 Å². The molecule has 1 aromatic carbocycles. The molecular weight excluding hydrogens is 254 g/mol. The van der Waals surface area contributed by atoms with Gasteiger partial charge in [0.2, 0.25) is 0 Å². The number of benzene rings is 1. The topological polar surface area (TPSA) is 63.7 Å². The summed E-state index contributed by atoms with van der Waals surface area (Å²) in [6, 6.07) is 6.30. The quantitative estimate of drug-likeness (QED) is 0.782. The Hall–Kier alpha value is -1.82. The highest BCUT2D eigenvalue weighted by Gasteiger charge is 2.38. The number of aryl methyl sites for hydroxylation is 1. The van der Waals surface area contributed by atoms with Crippen LogP contribution in [0, 0.1) is 6.92 Å². The summed E-state index contributed by atoms with van der Waals surface area (Å²) in [7, 11) is -3.84. The van der Waals surface area contributed by atoms with Crippen LogP contribution >= 0.6 is 0 Å². The molecule has 18 heavy (non-hydrogen) atoms. The minimum Gasteiger partial charge on any atom is -0.439 e. The number of cyclic esters (lactones) is 1. The molecule has 0 unspecified atom stereocenters. The molecule has 1 aliphatic heterocycles. The van der Waals surface area contributed by atoms with Crippen LogP contribution in [0.2, 0.25) is 0 Å². The number of hydrogen-bond donors (Lipinski definition) is 0. The van der Waals surface area contributed by atoms with Crippen molar-refractivity contribution in [3.05, 3.63) is 42.5 Å². The van der Waals surface area contributed by atoms with Crippen molar-refractivity contribution in [1.29, 1.82) is 0 Å². The van der Waals surface area contributed by atoms with E-state index in [0.717, 1.165) is 9.87 Å². The zero-order valence-electron chi connectivity index (χ0n) is 9.87. The first kappa shape index (κ1) is 12.6. The van der Waals surface area contributed by atoms with E-state index in [1.165, 1.54) is 18.2 Å². The molecule has 1 saturated heterocycles. The molecule has 1 fully saturated rings. The Kier molecular flexibility index (Phi) is 3.13. The van der Waals surface area contributed by atoms with Gasteiger partial charge in [-0.25, -0.2) is 13.2 Å². The molecule has 2 rings (SSSR count). The van der Waals surface area contributed by atoms with Crippen LogP contribution in [0.3, 0.4) is 0 Å². The van der Waals surface area contributed by atoms with Gasteiger partial charge in [-0.3, -0.25) is 0 Å². The Morgan fingerprint density at radius 2 is 2.00 bits per heavy atom. The lowest BCUT2D eigenvalue weighted by molar-refractivity contribution is 0.153. The predicted octanol–water partition coefficient (Wildman–Crippen LogP) is 1.69. The van der Waals surface area contributed by atoms with E-state index in [9.17, 15) is 13.2 Å². The Morgan fingerprint density at radius 3 is 2.50 bits per heavy atom. The lowest BCUT2D eigenvalue weighted by Crippen LogP contribution is -2.32. The maximum atomic E-state index is 12.2. The largest absolute Gasteiger partial charge is 0.439 e. The summed E-state index contributed by atoms with van der Waals surface area (Å²) in [5.41, 5.74) is 0.946. The standard InChI is InChI=1S/C12H13NO4S/c1-3-10-8-13(12(14)17-10)18(15,16)11-6-4-9(2)5-7-11/h3-7,10H,1,8H2,2H3/t10-/m1/s1. The number of carbonyl (C=O) groups excluding carboxylic acids is 1. The summed E-state index contributed by atoms with van der Waals surface area (Å²) in [6.07, 6.45) is -0.0408. The molecule has 1 aromatic rings. The molecule has 96 valence electrons. The molecule has 1 heterocycles. The molecule has 6 heteroatoms. The number of rotatable bonds is 3. The Bertz CT molecular complexity index is 577. The van der Waals surface area contributed by atoms with E-state index in [1.54, 1.807) is 12.1 Å². The number of carbonyl (C=O) groups is 1. The van der Waals surface area contributed by atoms with Gasteiger partial charge < -0.3 is 4.74 Å². The summed E-state index contributed by atoms with van der Waals surface area (Å²) < 4.78 is 30.0. The first-order chi connectivity index (χ1) is 8.45. The fraction of sp³-hybridized carbons (Fsp3) is 0.250. The molecule has 0 saturated carbocycles. The van der Waals surface area contributed by atoms with Crippen LogP contribution in [-0.4, -0.2) is 31.5 Å². The van der Waals surface area contributed by atoms with Crippen molar-refractivity contribution in [2.24, 2.45) is 0 Å². The van der Waals surface area contributed by atoms with Gasteiger partial charge in [-0.15, -0.1) is 0 Å². The molecule has 1 aliphatic rings. The Morgan fingerprint density at radius 1 is 1.39 bits per heavy atom. The van der Waals surface area contributed by atoms with Crippen molar-refractivity contribution in [2.45, 2.75) is 17.9 Å². The van der Waals surface area contributed by atoms with Crippen LogP contribution in [-0.2, 0) is 14.8 Å². The average molecular weight is 267 g/mol. The lowest BCUT2D eigenvalue weighted by atomic mass is 10.2. The normalized spacial score (nSPS) is 19.7. The zero-order chi connectivity index (χ0) is 13.3. The maximum Gasteiger partial charge on any atom is 0.424 e. The Balaban J connectivity index is 2.35. The third kappa shape index (κ3) is 2.11. The van der Waals surface area contributed by atoms with Gasteiger partial charge >= 0.3 is 6.09 Å². The number of nitrogens with zero attached hydrogens (tertiary/aromatic N) is 1. The number of sulfonamides is 1. The number of hydrogen-bond acceptors (Lipinski definition) is 4. The second-order valence-electron chi connectivity index (χ2n) is 4.01. The second kappa shape index (κ2) is 4.45. The van der Waals surface area contributed by atoms with Crippen molar-refractivity contribution < 1.29 is 17.9 Å². The zero-order valence-corrected chi connectivity index (χ0v) is 10.7. The monoisotopic (exact) mass is 267 g/mol. The minimum absolute atomic E-state index is 0.0292. The molecule has 0 spiro atoms. The van der Waals surface area contributed by atoms with Crippen LogP contribution in [0.25, 0.3) is 0 Å². The molecule has 0 aromatic heterocycles. The second-order valence-corrected chi connectivity index (χ2v) is 5.87. The molecule has 0 aliphatic carbocycles. The van der Waals surface area contributed by atoms with Crippen molar-refractivity contribution in [3.63, 3.8) is 0 Å². The smallest absolute Gasteiger partial charge is 0.424 e. The van der Waals surface area contributed by atoms with E-state index in [1.807, 2.05) is 6.92 Å². The third-order valence-electron chi connectivity index (χ3n) is 2.67. The molecule has 5 nitrogen and oxygen atoms in total. The summed E-state index contributed by atoms with van der Waals surface area (Å²) in [5, 5.41) is 0. The summed E-state index contributed by atoms with van der Waals surface area (Å²) in [5.74, 6) is 0. The first-order valence-corrected chi connectivity index (χ1v) is 6.82. The van der Waals surface area contributed by atoms with E-state index in [4.69, 9.17) is 4.74 Å². The van der Waals surface area contributed by atoms with Crippen molar-refractivity contribution >= 4 is 16.1 Å². The minimum atomic E-state index is -3.84. The van der Waals surface area contributed by atoms with Crippen LogP contribution in [0.1, 0.15) is 5.56 Å². The van der Waals surface area contributed by atoms with Gasteiger partial charge in [0.1, 0.15) is 6.10 Å². The van der Waals surface area contributed by atoms with E-state index in [-0.39, 0.29) is 11.4 Å². The van der Waals surface area contributed by atoms with Gasteiger partial charge in [0, 0.05) is 0 Å². The summed E-state index contributed by atoms with van der Waals surface area (Å²) >= 11 is 0. The SMILES string of the molecule is C=C[C@@H]1CN(S(=O)(=O)c2ccc(C)cc2)C(=O)O1. The summed E-state index contributed by atoms with van der Waals surface area (Å²) in [6.45, 7) is 5.31. The highest BCUT2D eigenvalue weighted by molar-refractivity contribution is 7.89. The maximum absolute atomic E-state index is 12.2. The predicted molar refractivity (Wildman–Crippen MR) is 65.5 cm³/mol.